The largest absolute Gasteiger partial charge is 0.324 e. The highest BCUT2D eigenvalue weighted by Gasteiger charge is 2.36. The third-order valence-corrected chi connectivity index (χ3v) is 7.62. The minimum Gasteiger partial charge on any atom is -0.324 e. The summed E-state index contributed by atoms with van der Waals surface area (Å²) in [5.41, 5.74) is 3.32. The summed E-state index contributed by atoms with van der Waals surface area (Å²) in [5.74, 6) is -1.31. The number of nitrogens with one attached hydrogen (secondary N) is 4. The van der Waals surface area contributed by atoms with E-state index in [1.807, 2.05) is 0 Å². The van der Waals surface area contributed by atoms with Crippen molar-refractivity contribution in [2.75, 3.05) is 31.5 Å². The lowest BCUT2D eigenvalue weighted by molar-refractivity contribution is -0.141. The number of hydrogen-bond acceptors (Lipinski definition) is 6. The highest BCUT2D eigenvalue weighted by atomic mass is 35.5. The first-order valence-corrected chi connectivity index (χ1v) is 12.6. The number of amides is 2. The van der Waals surface area contributed by atoms with E-state index in [0.29, 0.717) is 24.6 Å². The summed E-state index contributed by atoms with van der Waals surface area (Å²) >= 11 is 5.72. The molecule has 0 aliphatic carbocycles. The van der Waals surface area contributed by atoms with Gasteiger partial charge in [0.05, 0.1) is 4.90 Å². The van der Waals surface area contributed by atoms with Gasteiger partial charge < -0.3 is 10.6 Å². The average Bonchev–Trinajstić information content (AvgIpc) is 2.76. The molecule has 0 spiro atoms. The standard InChI is InChI=1S/C20H29ClFN5O4S/c1-13-5-6-15(26-18(28)12-27-20(29)19(21)16(22)11-24-27)10-17(13)32(30,31)25-9-7-14-4-2-3-8-23-14/h5-6,10,14,16,19,23-25H,2-4,7-9,11-12H2,1H3,(H,26,28). The highest BCUT2D eigenvalue weighted by Crippen LogP contribution is 2.21. The molecule has 3 rings (SSSR count). The molecule has 2 amide bonds. The molecule has 0 radical (unpaired) electrons. The topological polar surface area (TPSA) is 120 Å². The zero-order valence-corrected chi connectivity index (χ0v) is 19.4. The molecule has 1 aromatic rings. The number of aryl methyl sites for hydroxylation is 1. The van der Waals surface area contributed by atoms with Crippen LogP contribution in [0.15, 0.2) is 23.1 Å². The van der Waals surface area contributed by atoms with Gasteiger partial charge in [-0.15, -0.1) is 11.6 Å². The van der Waals surface area contributed by atoms with Gasteiger partial charge in [-0.05, 0) is 50.4 Å². The summed E-state index contributed by atoms with van der Waals surface area (Å²) in [6.07, 6.45) is 2.49. The molecule has 2 aliphatic heterocycles. The van der Waals surface area contributed by atoms with Gasteiger partial charge in [0.2, 0.25) is 15.9 Å². The fourth-order valence-electron chi connectivity index (χ4n) is 3.74. The van der Waals surface area contributed by atoms with Crippen molar-refractivity contribution in [2.24, 2.45) is 0 Å². The fourth-order valence-corrected chi connectivity index (χ4v) is 5.27. The lowest BCUT2D eigenvalue weighted by Crippen LogP contribution is -2.59. The van der Waals surface area contributed by atoms with Crippen molar-refractivity contribution in [2.45, 2.75) is 55.1 Å². The first-order valence-electron chi connectivity index (χ1n) is 10.6. The maximum absolute atomic E-state index is 13.5. The number of halogens is 2. The summed E-state index contributed by atoms with van der Waals surface area (Å²) in [6, 6.07) is 4.86. The molecule has 3 atom stereocenters. The van der Waals surface area contributed by atoms with Gasteiger partial charge in [0.15, 0.2) is 0 Å². The van der Waals surface area contributed by atoms with Crippen molar-refractivity contribution in [1.82, 2.24) is 20.5 Å². The fraction of sp³-hybridized carbons (Fsp3) is 0.600. The van der Waals surface area contributed by atoms with Crippen LogP contribution in [0.4, 0.5) is 10.1 Å². The number of anilines is 1. The van der Waals surface area contributed by atoms with E-state index in [1.165, 1.54) is 6.07 Å². The van der Waals surface area contributed by atoms with Gasteiger partial charge in [0.1, 0.15) is 18.1 Å². The predicted octanol–water partition coefficient (Wildman–Crippen LogP) is 1.04. The second kappa shape index (κ2) is 10.9. The quantitative estimate of drug-likeness (QED) is 0.405. The molecule has 0 bridgehead atoms. The van der Waals surface area contributed by atoms with E-state index in [1.54, 1.807) is 19.1 Å². The minimum atomic E-state index is -3.76. The Bertz CT molecular complexity index is 942. The number of hydrogen-bond donors (Lipinski definition) is 4. The van der Waals surface area contributed by atoms with Gasteiger partial charge in [0.25, 0.3) is 5.91 Å². The van der Waals surface area contributed by atoms with Crippen LogP contribution >= 0.6 is 11.6 Å². The maximum atomic E-state index is 13.5. The van der Waals surface area contributed by atoms with Crippen LogP contribution in [-0.4, -0.2) is 69.0 Å². The lowest BCUT2D eigenvalue weighted by Gasteiger charge is -2.31. The molecule has 2 saturated heterocycles. The summed E-state index contributed by atoms with van der Waals surface area (Å²) in [4.78, 5) is 24.4. The molecule has 3 unspecified atom stereocenters. The molecule has 32 heavy (non-hydrogen) atoms. The maximum Gasteiger partial charge on any atom is 0.258 e. The van der Waals surface area contributed by atoms with Gasteiger partial charge in [0, 0.05) is 24.8 Å². The number of alkyl halides is 2. The van der Waals surface area contributed by atoms with E-state index >= 15 is 0 Å². The molecule has 2 heterocycles. The first-order chi connectivity index (χ1) is 15.2. The van der Waals surface area contributed by atoms with Crippen molar-refractivity contribution >= 4 is 39.1 Å². The molecule has 178 valence electrons. The SMILES string of the molecule is Cc1ccc(NC(=O)CN2NCC(F)C(Cl)C2=O)cc1S(=O)(=O)NCCC1CCCCN1. The van der Waals surface area contributed by atoms with Crippen molar-refractivity contribution in [1.29, 1.82) is 0 Å². The highest BCUT2D eigenvalue weighted by molar-refractivity contribution is 7.89. The molecule has 1 aromatic carbocycles. The van der Waals surface area contributed by atoms with Crippen molar-refractivity contribution in [3.63, 3.8) is 0 Å². The second-order valence-corrected chi connectivity index (χ2v) is 10.3. The molecule has 12 heteroatoms. The molecule has 9 nitrogen and oxygen atoms in total. The molecular weight excluding hydrogens is 461 g/mol. The number of piperidine rings is 1. The van der Waals surface area contributed by atoms with E-state index in [4.69, 9.17) is 11.6 Å². The number of nitrogens with zero attached hydrogens (tertiary/aromatic N) is 1. The van der Waals surface area contributed by atoms with Crippen LogP contribution in [0.2, 0.25) is 0 Å². The summed E-state index contributed by atoms with van der Waals surface area (Å²) < 4.78 is 41.7. The predicted molar refractivity (Wildman–Crippen MR) is 120 cm³/mol. The van der Waals surface area contributed by atoms with Crippen molar-refractivity contribution < 1.29 is 22.4 Å². The summed E-state index contributed by atoms with van der Waals surface area (Å²) in [5, 5.41) is 5.56. The first kappa shape index (κ1) is 24.8. The summed E-state index contributed by atoms with van der Waals surface area (Å²) in [7, 11) is -3.76. The summed E-state index contributed by atoms with van der Waals surface area (Å²) in [6.45, 7) is 2.37. The minimum absolute atomic E-state index is 0.0696. The van der Waals surface area contributed by atoms with Crippen molar-refractivity contribution in [3.8, 4) is 0 Å². The van der Waals surface area contributed by atoms with E-state index in [-0.39, 0.29) is 17.1 Å². The number of hydrazine groups is 1. The van der Waals surface area contributed by atoms with Crippen molar-refractivity contribution in [3.05, 3.63) is 23.8 Å². The van der Waals surface area contributed by atoms with E-state index in [2.05, 4.69) is 20.8 Å². The Morgan fingerprint density at radius 2 is 2.12 bits per heavy atom. The van der Waals surface area contributed by atoms with E-state index in [9.17, 15) is 22.4 Å². The van der Waals surface area contributed by atoms with E-state index < -0.39 is 39.9 Å². The Kier molecular flexibility index (Phi) is 8.45. The zero-order chi connectivity index (χ0) is 23.3. The van der Waals surface area contributed by atoms with Crippen LogP contribution in [0, 0.1) is 6.92 Å². The molecule has 0 aromatic heterocycles. The second-order valence-electron chi connectivity index (χ2n) is 8.07. The Morgan fingerprint density at radius 3 is 2.84 bits per heavy atom. The van der Waals surface area contributed by atoms with Gasteiger partial charge in [-0.25, -0.2) is 23.0 Å². The molecule has 0 saturated carbocycles. The Hall–Kier alpha value is -1.79. The smallest absolute Gasteiger partial charge is 0.258 e. The lowest BCUT2D eigenvalue weighted by atomic mass is 10.0. The average molecular weight is 490 g/mol. The number of carbonyl (C=O) groups is 2. The number of sulfonamides is 1. The number of carbonyl (C=O) groups excluding carboxylic acids is 2. The molecular formula is C20H29ClFN5O4S. The van der Waals surface area contributed by atoms with Gasteiger partial charge in [-0.3, -0.25) is 14.6 Å². The zero-order valence-electron chi connectivity index (χ0n) is 17.9. The van der Waals surface area contributed by atoms with Crippen LogP contribution < -0.4 is 20.8 Å². The Morgan fingerprint density at radius 1 is 1.34 bits per heavy atom. The third-order valence-electron chi connectivity index (χ3n) is 5.56. The van der Waals surface area contributed by atoms with Crippen LogP contribution in [0.25, 0.3) is 0 Å². The van der Waals surface area contributed by atoms with E-state index in [0.717, 1.165) is 30.8 Å². The van der Waals surface area contributed by atoms with Crippen LogP contribution in [0.3, 0.4) is 0 Å². The normalized spacial score (nSPS) is 24.4. The molecule has 2 fully saturated rings. The number of rotatable bonds is 8. The van der Waals surface area contributed by atoms with Crippen LogP contribution in [0.1, 0.15) is 31.2 Å². The van der Waals surface area contributed by atoms with Crippen LogP contribution in [0.5, 0.6) is 0 Å². The van der Waals surface area contributed by atoms with Crippen LogP contribution in [-0.2, 0) is 19.6 Å². The van der Waals surface area contributed by atoms with Gasteiger partial charge in [-0.2, -0.15) is 0 Å². The van der Waals surface area contributed by atoms with Gasteiger partial charge in [-0.1, -0.05) is 12.5 Å². The Labute approximate surface area is 192 Å². The third kappa shape index (κ3) is 6.38. The number of benzene rings is 1. The molecule has 2 aliphatic rings. The monoisotopic (exact) mass is 489 g/mol. The molecule has 4 N–H and O–H groups in total. The Balaban J connectivity index is 1.59. The van der Waals surface area contributed by atoms with Gasteiger partial charge >= 0.3 is 0 Å².